The van der Waals surface area contributed by atoms with E-state index in [0.29, 0.717) is 0 Å². The van der Waals surface area contributed by atoms with Gasteiger partial charge in [-0.2, -0.15) is 0 Å². The van der Waals surface area contributed by atoms with E-state index in [2.05, 4.69) is 20.8 Å². The highest BCUT2D eigenvalue weighted by molar-refractivity contribution is 5.89. The summed E-state index contributed by atoms with van der Waals surface area (Å²) in [7, 11) is 1.23. The predicted molar refractivity (Wildman–Crippen MR) is 37.4 cm³/mol. The first-order valence-corrected chi connectivity index (χ1v) is 3.25. The van der Waals surface area contributed by atoms with E-state index in [9.17, 15) is 9.59 Å². The lowest BCUT2D eigenvalue weighted by Gasteiger charge is -2.06. The van der Waals surface area contributed by atoms with Crippen molar-refractivity contribution in [3.63, 3.8) is 0 Å². The molecule has 0 amide bonds. The molecule has 0 aromatic carbocycles. The third-order valence-electron chi connectivity index (χ3n) is 1.43. The molecule has 1 aliphatic rings. The zero-order chi connectivity index (χ0) is 9.14. The van der Waals surface area contributed by atoms with Gasteiger partial charge in [-0.3, -0.25) is 0 Å². The number of esters is 1. The minimum atomic E-state index is -0.787. The molecule has 1 atom stereocenters. The molecule has 12 heavy (non-hydrogen) atoms. The molecule has 0 aliphatic carbocycles. The van der Waals surface area contributed by atoms with Crippen LogP contribution in [0.25, 0.3) is 0 Å². The second-order valence-corrected chi connectivity index (χ2v) is 2.18. The van der Waals surface area contributed by atoms with Crippen LogP contribution in [0.15, 0.2) is 12.2 Å². The van der Waals surface area contributed by atoms with Crippen LogP contribution in [0, 0.1) is 0 Å². The third kappa shape index (κ3) is 1.55. The Morgan fingerprint density at radius 1 is 1.75 bits per heavy atom. The highest BCUT2D eigenvalue weighted by Gasteiger charge is 2.31. The molecule has 0 saturated carbocycles. The number of hydrogen-bond donors (Lipinski definition) is 0. The molecular weight excluding hydrogens is 164 g/mol. The van der Waals surface area contributed by atoms with E-state index in [1.165, 1.54) is 7.11 Å². The minimum Gasteiger partial charge on any atom is -0.466 e. The summed E-state index contributed by atoms with van der Waals surface area (Å²) in [5.74, 6) is -0.599. The van der Waals surface area contributed by atoms with E-state index >= 15 is 0 Å². The Morgan fingerprint density at radius 2 is 2.42 bits per heavy atom. The molecule has 5 nitrogen and oxygen atoms in total. The van der Waals surface area contributed by atoms with Gasteiger partial charge < -0.3 is 14.2 Å². The highest BCUT2D eigenvalue weighted by Crippen LogP contribution is 2.14. The molecule has 0 spiro atoms. The Labute approximate surface area is 68.9 Å². The van der Waals surface area contributed by atoms with Crippen LogP contribution >= 0.6 is 0 Å². The summed E-state index contributed by atoms with van der Waals surface area (Å²) in [4.78, 5) is 21.3. The van der Waals surface area contributed by atoms with E-state index < -0.39 is 18.2 Å². The summed E-state index contributed by atoms with van der Waals surface area (Å²) >= 11 is 0. The number of hydrogen-bond acceptors (Lipinski definition) is 5. The van der Waals surface area contributed by atoms with Crippen molar-refractivity contribution in [3.8, 4) is 0 Å². The van der Waals surface area contributed by atoms with Gasteiger partial charge in [0, 0.05) is 0 Å². The predicted octanol–water partition coefficient (Wildman–Crippen LogP) is 0.251. The van der Waals surface area contributed by atoms with Crippen molar-refractivity contribution in [1.29, 1.82) is 0 Å². The molecule has 1 heterocycles. The van der Waals surface area contributed by atoms with Crippen LogP contribution < -0.4 is 0 Å². The fourth-order valence-electron chi connectivity index (χ4n) is 0.762. The maximum Gasteiger partial charge on any atom is 0.509 e. The van der Waals surface area contributed by atoms with Crippen molar-refractivity contribution in [1.82, 2.24) is 0 Å². The van der Waals surface area contributed by atoms with Gasteiger partial charge in [-0.05, 0) is 0 Å². The summed E-state index contributed by atoms with van der Waals surface area (Å²) < 4.78 is 13.4. The van der Waals surface area contributed by atoms with Crippen molar-refractivity contribution >= 4 is 12.1 Å². The molecule has 0 aromatic rings. The minimum absolute atomic E-state index is 0.0206. The topological polar surface area (TPSA) is 61.8 Å². The van der Waals surface area contributed by atoms with Crippen LogP contribution in [0.4, 0.5) is 4.79 Å². The lowest BCUT2D eigenvalue weighted by molar-refractivity contribution is -0.137. The van der Waals surface area contributed by atoms with Crippen molar-refractivity contribution in [3.05, 3.63) is 12.2 Å². The zero-order valence-electron chi connectivity index (χ0n) is 6.53. The van der Waals surface area contributed by atoms with Crippen molar-refractivity contribution in [2.45, 2.75) is 6.10 Å². The molecule has 0 aromatic heterocycles. The molecular formula is C7H8O5. The SMILES string of the molecule is C=C(C(=O)OC)C1COC(=O)O1. The first-order chi connectivity index (χ1) is 5.65. The maximum atomic E-state index is 10.8. The fourth-order valence-corrected chi connectivity index (χ4v) is 0.762. The van der Waals surface area contributed by atoms with Gasteiger partial charge in [-0.15, -0.1) is 0 Å². The Morgan fingerprint density at radius 3 is 2.83 bits per heavy atom. The van der Waals surface area contributed by atoms with Gasteiger partial charge >= 0.3 is 12.1 Å². The standard InChI is InChI=1S/C7H8O5/c1-4(6(8)10-2)5-3-11-7(9)12-5/h5H,1,3H2,2H3. The molecule has 0 bridgehead atoms. The lowest BCUT2D eigenvalue weighted by Crippen LogP contribution is -2.20. The van der Waals surface area contributed by atoms with E-state index in [4.69, 9.17) is 0 Å². The van der Waals surface area contributed by atoms with Gasteiger partial charge in [-0.1, -0.05) is 6.58 Å². The van der Waals surface area contributed by atoms with Gasteiger partial charge in [0.1, 0.15) is 6.61 Å². The molecule has 5 heteroatoms. The van der Waals surface area contributed by atoms with Crippen LogP contribution in [0.2, 0.25) is 0 Å². The largest absolute Gasteiger partial charge is 0.509 e. The first kappa shape index (κ1) is 8.58. The summed E-state index contributed by atoms with van der Waals surface area (Å²) in [5.41, 5.74) is 0.0864. The van der Waals surface area contributed by atoms with Crippen LogP contribution in [0.5, 0.6) is 0 Å². The molecule has 1 aliphatic heterocycles. The van der Waals surface area contributed by atoms with E-state index in [1.807, 2.05) is 0 Å². The molecule has 0 radical (unpaired) electrons. The number of carbonyl (C=O) groups is 2. The number of methoxy groups -OCH3 is 1. The van der Waals surface area contributed by atoms with Crippen LogP contribution in [0.3, 0.4) is 0 Å². The first-order valence-electron chi connectivity index (χ1n) is 3.25. The zero-order valence-corrected chi connectivity index (χ0v) is 6.53. The average Bonchev–Trinajstić information content (AvgIpc) is 2.49. The van der Waals surface area contributed by atoms with E-state index in [-0.39, 0.29) is 12.2 Å². The van der Waals surface area contributed by atoms with Crippen molar-refractivity contribution in [2.24, 2.45) is 0 Å². The molecule has 1 unspecified atom stereocenters. The molecule has 1 rings (SSSR count). The summed E-state index contributed by atoms with van der Waals surface area (Å²) in [6.45, 7) is 3.43. The Balaban J connectivity index is 2.54. The number of ether oxygens (including phenoxy) is 3. The average molecular weight is 172 g/mol. The fraction of sp³-hybridized carbons (Fsp3) is 0.429. The van der Waals surface area contributed by atoms with Gasteiger partial charge in [0.25, 0.3) is 0 Å². The molecule has 1 saturated heterocycles. The van der Waals surface area contributed by atoms with E-state index in [1.54, 1.807) is 0 Å². The second kappa shape index (κ2) is 3.25. The highest BCUT2D eigenvalue weighted by atomic mass is 16.8. The van der Waals surface area contributed by atoms with Crippen LogP contribution in [-0.4, -0.2) is 31.9 Å². The maximum absolute atomic E-state index is 10.8. The second-order valence-electron chi connectivity index (χ2n) is 2.18. The molecule has 0 N–H and O–H groups in total. The number of carbonyl (C=O) groups excluding carboxylic acids is 2. The smallest absolute Gasteiger partial charge is 0.466 e. The monoisotopic (exact) mass is 172 g/mol. The summed E-state index contributed by atoms with van der Waals surface area (Å²) in [5, 5.41) is 0. The number of cyclic esters (lactones) is 2. The van der Waals surface area contributed by atoms with Crippen LogP contribution in [-0.2, 0) is 19.0 Å². The van der Waals surface area contributed by atoms with Crippen molar-refractivity contribution < 1.29 is 23.8 Å². The van der Waals surface area contributed by atoms with Gasteiger partial charge in [-0.25, -0.2) is 9.59 Å². The van der Waals surface area contributed by atoms with Gasteiger partial charge in [0.2, 0.25) is 0 Å². The van der Waals surface area contributed by atoms with Crippen molar-refractivity contribution in [2.75, 3.05) is 13.7 Å². The number of rotatable bonds is 2. The summed E-state index contributed by atoms with van der Waals surface area (Å²) in [6, 6.07) is 0. The normalized spacial score (nSPS) is 21.1. The Hall–Kier alpha value is -1.52. The third-order valence-corrected chi connectivity index (χ3v) is 1.43. The van der Waals surface area contributed by atoms with Crippen LogP contribution in [0.1, 0.15) is 0 Å². The van der Waals surface area contributed by atoms with E-state index in [0.717, 1.165) is 0 Å². The van der Waals surface area contributed by atoms with Gasteiger partial charge in [0.05, 0.1) is 12.7 Å². The lowest BCUT2D eigenvalue weighted by atomic mass is 10.2. The van der Waals surface area contributed by atoms with Gasteiger partial charge in [0.15, 0.2) is 6.10 Å². The molecule has 66 valence electrons. The summed E-state index contributed by atoms with van der Waals surface area (Å²) in [6.07, 6.45) is -1.49. The molecule has 1 fully saturated rings. The quantitative estimate of drug-likeness (QED) is 0.441. The Bertz CT molecular complexity index is 232. The Kier molecular flexibility index (Phi) is 2.32.